The highest BCUT2D eigenvalue weighted by Crippen LogP contribution is 2.31. The average Bonchev–Trinajstić information content (AvgIpc) is 2.54. The highest BCUT2D eigenvalue weighted by molar-refractivity contribution is 5.93. The van der Waals surface area contributed by atoms with Gasteiger partial charge in [-0.3, -0.25) is 0 Å². The lowest BCUT2D eigenvalue weighted by Gasteiger charge is -2.40. The lowest BCUT2D eigenvalue weighted by atomic mass is 9.90. The minimum atomic E-state index is 0.254. The zero-order valence-corrected chi connectivity index (χ0v) is 13.0. The number of hydrogen-bond donors (Lipinski definition) is 1. The molecule has 2 aromatic rings. The first-order valence-electron chi connectivity index (χ1n) is 7.52. The Morgan fingerprint density at radius 2 is 2.00 bits per heavy atom. The van der Waals surface area contributed by atoms with Gasteiger partial charge in [-0.15, -0.1) is 0 Å². The number of ether oxygens (including phenoxy) is 1. The highest BCUT2D eigenvalue weighted by Gasteiger charge is 2.29. The molecule has 1 N–H and O–H groups in total. The Hall–Kier alpha value is -1.81. The van der Waals surface area contributed by atoms with Gasteiger partial charge in [0.15, 0.2) is 0 Å². The van der Waals surface area contributed by atoms with Crippen LogP contribution in [-0.2, 0) is 0 Å². The molecule has 0 bridgehead atoms. The van der Waals surface area contributed by atoms with Crippen molar-refractivity contribution in [2.45, 2.75) is 25.3 Å². The summed E-state index contributed by atoms with van der Waals surface area (Å²) in [4.78, 5) is 7.02. The quantitative estimate of drug-likeness (QED) is 0.941. The molecule has 0 amide bonds. The Balaban J connectivity index is 1.91. The average molecular weight is 285 g/mol. The smallest absolute Gasteiger partial charge is 0.136 e. The van der Waals surface area contributed by atoms with Crippen LogP contribution in [0, 0.1) is 0 Å². The van der Waals surface area contributed by atoms with Crippen LogP contribution in [0.2, 0.25) is 0 Å². The molecule has 21 heavy (non-hydrogen) atoms. The van der Waals surface area contributed by atoms with Crippen molar-refractivity contribution in [3.05, 3.63) is 30.5 Å². The predicted octanol–water partition coefficient (Wildman–Crippen LogP) is 2.82. The van der Waals surface area contributed by atoms with E-state index >= 15 is 0 Å². The first kappa shape index (κ1) is 14.1. The van der Waals surface area contributed by atoms with Crippen LogP contribution in [0.4, 0.5) is 5.82 Å². The van der Waals surface area contributed by atoms with Gasteiger partial charge in [-0.25, -0.2) is 4.98 Å². The number of benzene rings is 1. The van der Waals surface area contributed by atoms with E-state index in [0.29, 0.717) is 0 Å². The number of pyridine rings is 1. The molecule has 0 spiro atoms. The fourth-order valence-electron chi connectivity index (χ4n) is 2.98. The first-order valence-corrected chi connectivity index (χ1v) is 7.52. The van der Waals surface area contributed by atoms with Crippen molar-refractivity contribution in [3.63, 3.8) is 0 Å². The van der Waals surface area contributed by atoms with Gasteiger partial charge in [0.25, 0.3) is 0 Å². The number of rotatable bonds is 3. The molecule has 1 aromatic heterocycles. The van der Waals surface area contributed by atoms with E-state index in [2.05, 4.69) is 41.3 Å². The van der Waals surface area contributed by atoms with Gasteiger partial charge in [0, 0.05) is 30.2 Å². The summed E-state index contributed by atoms with van der Waals surface area (Å²) in [5, 5.41) is 5.82. The number of anilines is 1. The van der Waals surface area contributed by atoms with Gasteiger partial charge in [-0.1, -0.05) is 0 Å². The fourth-order valence-corrected chi connectivity index (χ4v) is 2.98. The summed E-state index contributed by atoms with van der Waals surface area (Å²) in [5.41, 5.74) is 0.254. The second-order valence-corrected chi connectivity index (χ2v) is 6.02. The first-order chi connectivity index (χ1) is 10.1. The van der Waals surface area contributed by atoms with E-state index in [1.807, 2.05) is 18.3 Å². The summed E-state index contributed by atoms with van der Waals surface area (Å²) in [6, 6.07) is 8.24. The molecule has 1 aliphatic heterocycles. The molecule has 3 rings (SSSR count). The van der Waals surface area contributed by atoms with Gasteiger partial charge >= 0.3 is 0 Å². The summed E-state index contributed by atoms with van der Waals surface area (Å²) in [6.07, 6.45) is 4.17. The van der Waals surface area contributed by atoms with Crippen LogP contribution in [0.3, 0.4) is 0 Å². The van der Waals surface area contributed by atoms with E-state index in [1.165, 1.54) is 10.8 Å². The third kappa shape index (κ3) is 2.68. The van der Waals surface area contributed by atoms with Crippen LogP contribution >= 0.6 is 0 Å². The summed E-state index contributed by atoms with van der Waals surface area (Å²) in [6.45, 7) is 4.37. The maximum atomic E-state index is 5.31. The van der Waals surface area contributed by atoms with E-state index in [1.54, 1.807) is 7.11 Å². The highest BCUT2D eigenvalue weighted by atomic mass is 16.5. The number of nitrogens with zero attached hydrogens (tertiary/aromatic N) is 2. The molecule has 1 saturated heterocycles. The number of piperidine rings is 1. The van der Waals surface area contributed by atoms with E-state index in [0.717, 1.165) is 37.5 Å². The van der Waals surface area contributed by atoms with E-state index < -0.39 is 0 Å². The molecule has 1 fully saturated rings. The Morgan fingerprint density at radius 1 is 1.24 bits per heavy atom. The van der Waals surface area contributed by atoms with Gasteiger partial charge in [0.2, 0.25) is 0 Å². The summed E-state index contributed by atoms with van der Waals surface area (Å²) >= 11 is 0. The molecule has 0 unspecified atom stereocenters. The predicted molar refractivity (Wildman–Crippen MR) is 87.2 cm³/mol. The lowest BCUT2D eigenvalue weighted by molar-refractivity contribution is 0.304. The molecule has 4 heteroatoms. The molecule has 0 radical (unpaired) electrons. The SMILES string of the molecule is CNC1(C)CCN(c2nccc3cc(OC)ccc23)CC1. The molecule has 0 atom stereocenters. The molecular weight excluding hydrogens is 262 g/mol. The number of nitrogens with one attached hydrogen (secondary N) is 1. The summed E-state index contributed by atoms with van der Waals surface area (Å²) < 4.78 is 5.31. The topological polar surface area (TPSA) is 37.4 Å². The zero-order valence-electron chi connectivity index (χ0n) is 13.0. The zero-order chi connectivity index (χ0) is 14.9. The Kier molecular flexibility index (Phi) is 3.72. The Morgan fingerprint density at radius 3 is 2.67 bits per heavy atom. The maximum Gasteiger partial charge on any atom is 0.136 e. The molecule has 1 aliphatic rings. The van der Waals surface area contributed by atoms with Gasteiger partial charge < -0.3 is 15.0 Å². The van der Waals surface area contributed by atoms with Crippen LogP contribution in [-0.4, -0.2) is 37.8 Å². The third-order valence-electron chi connectivity index (χ3n) is 4.72. The van der Waals surface area contributed by atoms with E-state index in [9.17, 15) is 0 Å². The standard InChI is InChI=1S/C17H23N3O/c1-17(18-2)7-10-20(11-8-17)16-15-5-4-14(21-3)12-13(15)6-9-19-16/h4-6,9,12,18H,7-8,10-11H2,1-3H3. The van der Waals surface area contributed by atoms with Gasteiger partial charge in [-0.05, 0) is 56.5 Å². The van der Waals surface area contributed by atoms with Gasteiger partial charge in [-0.2, -0.15) is 0 Å². The molecular formula is C17H23N3O. The normalized spacial score (nSPS) is 18.0. The van der Waals surface area contributed by atoms with Crippen molar-refractivity contribution in [1.29, 1.82) is 0 Å². The Bertz CT molecular complexity index is 633. The van der Waals surface area contributed by atoms with Crippen LogP contribution in [0.5, 0.6) is 5.75 Å². The minimum absolute atomic E-state index is 0.254. The molecule has 112 valence electrons. The molecule has 0 saturated carbocycles. The number of aromatic nitrogens is 1. The number of methoxy groups -OCH3 is 1. The van der Waals surface area contributed by atoms with Gasteiger partial charge in [0.1, 0.15) is 11.6 Å². The van der Waals surface area contributed by atoms with Gasteiger partial charge in [0.05, 0.1) is 7.11 Å². The van der Waals surface area contributed by atoms with E-state index in [4.69, 9.17) is 4.74 Å². The van der Waals surface area contributed by atoms with Crippen LogP contribution < -0.4 is 15.0 Å². The molecule has 4 nitrogen and oxygen atoms in total. The molecule has 2 heterocycles. The van der Waals surface area contributed by atoms with Crippen molar-refractivity contribution in [3.8, 4) is 5.75 Å². The maximum absolute atomic E-state index is 5.31. The van der Waals surface area contributed by atoms with Crippen molar-refractivity contribution in [1.82, 2.24) is 10.3 Å². The number of hydrogen-bond acceptors (Lipinski definition) is 4. The largest absolute Gasteiger partial charge is 0.497 e. The second-order valence-electron chi connectivity index (χ2n) is 6.02. The van der Waals surface area contributed by atoms with Crippen LogP contribution in [0.25, 0.3) is 10.8 Å². The van der Waals surface area contributed by atoms with Crippen molar-refractivity contribution in [2.75, 3.05) is 32.1 Å². The van der Waals surface area contributed by atoms with E-state index in [-0.39, 0.29) is 5.54 Å². The van der Waals surface area contributed by atoms with Crippen molar-refractivity contribution >= 4 is 16.6 Å². The lowest BCUT2D eigenvalue weighted by Crippen LogP contribution is -2.50. The van der Waals surface area contributed by atoms with Crippen molar-refractivity contribution in [2.24, 2.45) is 0 Å². The van der Waals surface area contributed by atoms with Crippen molar-refractivity contribution < 1.29 is 4.74 Å². The summed E-state index contributed by atoms with van der Waals surface area (Å²) in [7, 11) is 3.75. The minimum Gasteiger partial charge on any atom is -0.497 e. The second kappa shape index (κ2) is 5.53. The monoisotopic (exact) mass is 285 g/mol. The van der Waals surface area contributed by atoms with Crippen LogP contribution in [0.15, 0.2) is 30.5 Å². The number of fused-ring (bicyclic) bond motifs is 1. The molecule has 1 aromatic carbocycles. The Labute approximate surface area is 126 Å². The summed E-state index contributed by atoms with van der Waals surface area (Å²) in [5.74, 6) is 1.98. The molecule has 0 aliphatic carbocycles. The van der Waals surface area contributed by atoms with Crippen LogP contribution in [0.1, 0.15) is 19.8 Å². The third-order valence-corrected chi connectivity index (χ3v) is 4.72. The fraction of sp³-hybridized carbons (Fsp3) is 0.471.